The Morgan fingerprint density at radius 2 is 1.35 bits per heavy atom. The molecular formula is C14H13FN2. The molecule has 3 aromatic rings. The zero-order valence-electron chi connectivity index (χ0n) is 9.23. The first kappa shape index (κ1) is 12.8. The third-order valence-corrected chi connectivity index (χ3v) is 2.08. The van der Waals surface area contributed by atoms with Gasteiger partial charge in [-0.2, -0.15) is 0 Å². The normalized spacial score (nSPS) is 8.71. The predicted octanol–water partition coefficient (Wildman–Crippen LogP) is 3.47. The second kappa shape index (κ2) is 7.06. The van der Waals surface area contributed by atoms with Gasteiger partial charge in [-0.3, -0.25) is 14.7 Å². The van der Waals surface area contributed by atoms with E-state index in [1.807, 2.05) is 48.7 Å². The largest absolute Gasteiger partial charge is 0.269 e. The molecule has 0 unspecified atom stereocenters. The minimum absolute atomic E-state index is 0. The SMILES string of the molecule is F.c1ccc2ncccc2c1.c1ccncc1. The molecule has 2 aromatic heterocycles. The monoisotopic (exact) mass is 228 g/mol. The number of benzene rings is 1. The molecule has 0 saturated carbocycles. The van der Waals surface area contributed by atoms with E-state index in [9.17, 15) is 0 Å². The van der Waals surface area contributed by atoms with Crippen molar-refractivity contribution in [1.82, 2.24) is 9.97 Å². The Kier molecular flexibility index (Phi) is 5.31. The fourth-order valence-corrected chi connectivity index (χ4v) is 1.33. The van der Waals surface area contributed by atoms with Gasteiger partial charge in [0.05, 0.1) is 5.52 Å². The van der Waals surface area contributed by atoms with Crippen LogP contribution in [0.1, 0.15) is 0 Å². The van der Waals surface area contributed by atoms with E-state index in [1.165, 1.54) is 5.39 Å². The summed E-state index contributed by atoms with van der Waals surface area (Å²) in [6, 6.07) is 17.8. The van der Waals surface area contributed by atoms with Gasteiger partial charge in [0.15, 0.2) is 0 Å². The quantitative estimate of drug-likeness (QED) is 0.588. The average molecular weight is 228 g/mol. The summed E-state index contributed by atoms with van der Waals surface area (Å²) in [6.45, 7) is 0. The number of fused-ring (bicyclic) bond motifs is 1. The molecular weight excluding hydrogens is 215 g/mol. The minimum Gasteiger partial charge on any atom is -0.269 e. The Bertz CT molecular complexity index is 449. The van der Waals surface area contributed by atoms with Gasteiger partial charge in [-0.15, -0.1) is 0 Å². The van der Waals surface area contributed by atoms with Crippen LogP contribution in [0, 0.1) is 0 Å². The standard InChI is InChI=1S/C9H7N.C5H5N.FH/c1-2-6-9-8(4-1)5-3-7-10-9;1-2-4-6-5-3-1;/h1-7H;1-5H;1H. The summed E-state index contributed by atoms with van der Waals surface area (Å²) in [5.41, 5.74) is 1.06. The van der Waals surface area contributed by atoms with Crippen LogP contribution in [-0.4, -0.2) is 9.97 Å². The molecule has 2 heterocycles. The van der Waals surface area contributed by atoms with Crippen molar-refractivity contribution < 1.29 is 4.70 Å². The number of halogens is 1. The maximum absolute atomic E-state index is 4.18. The predicted molar refractivity (Wildman–Crippen MR) is 68.5 cm³/mol. The minimum atomic E-state index is 0. The van der Waals surface area contributed by atoms with E-state index in [0.717, 1.165) is 5.52 Å². The number of hydrogen-bond donors (Lipinski definition) is 0. The summed E-state index contributed by atoms with van der Waals surface area (Å²) in [7, 11) is 0. The fourth-order valence-electron chi connectivity index (χ4n) is 1.33. The highest BCUT2D eigenvalue weighted by Gasteiger charge is 1.86. The zero-order chi connectivity index (χ0) is 11.1. The first-order valence-corrected chi connectivity index (χ1v) is 5.11. The molecule has 0 amide bonds. The molecule has 2 nitrogen and oxygen atoms in total. The summed E-state index contributed by atoms with van der Waals surface area (Å²) >= 11 is 0. The van der Waals surface area contributed by atoms with E-state index in [1.54, 1.807) is 12.4 Å². The molecule has 0 spiro atoms. The second-order valence-corrected chi connectivity index (χ2v) is 3.22. The summed E-state index contributed by atoms with van der Waals surface area (Å²) in [4.78, 5) is 7.97. The summed E-state index contributed by atoms with van der Waals surface area (Å²) in [5.74, 6) is 0. The van der Waals surface area contributed by atoms with Gasteiger partial charge in [0.25, 0.3) is 0 Å². The molecule has 3 rings (SSSR count). The Morgan fingerprint density at radius 3 is 1.94 bits per heavy atom. The molecule has 0 bridgehead atoms. The first-order chi connectivity index (χ1) is 7.97. The van der Waals surface area contributed by atoms with Crippen LogP contribution in [0.5, 0.6) is 0 Å². The molecule has 0 N–H and O–H groups in total. The third kappa shape index (κ3) is 3.99. The molecule has 0 aliphatic heterocycles. The van der Waals surface area contributed by atoms with E-state index in [0.29, 0.717) is 0 Å². The second-order valence-electron chi connectivity index (χ2n) is 3.22. The molecule has 0 aliphatic rings. The number of pyridine rings is 2. The van der Waals surface area contributed by atoms with Crippen LogP contribution < -0.4 is 0 Å². The lowest BCUT2D eigenvalue weighted by Gasteiger charge is -1.91. The molecule has 1 aromatic carbocycles. The van der Waals surface area contributed by atoms with Crippen molar-refractivity contribution in [1.29, 1.82) is 0 Å². The molecule has 0 atom stereocenters. The van der Waals surface area contributed by atoms with Crippen molar-refractivity contribution in [3.63, 3.8) is 0 Å². The number of rotatable bonds is 0. The van der Waals surface area contributed by atoms with Gasteiger partial charge < -0.3 is 0 Å². The van der Waals surface area contributed by atoms with E-state index in [-0.39, 0.29) is 4.70 Å². The van der Waals surface area contributed by atoms with Crippen molar-refractivity contribution in [2.24, 2.45) is 0 Å². The fraction of sp³-hybridized carbons (Fsp3) is 0. The van der Waals surface area contributed by atoms with Crippen molar-refractivity contribution >= 4 is 10.9 Å². The van der Waals surface area contributed by atoms with Gasteiger partial charge in [-0.1, -0.05) is 30.3 Å². The molecule has 0 fully saturated rings. The molecule has 3 heteroatoms. The molecule has 86 valence electrons. The van der Waals surface area contributed by atoms with E-state index in [4.69, 9.17) is 0 Å². The maximum atomic E-state index is 4.18. The van der Waals surface area contributed by atoms with E-state index >= 15 is 0 Å². The Hall–Kier alpha value is -2.29. The van der Waals surface area contributed by atoms with E-state index < -0.39 is 0 Å². The lowest BCUT2D eigenvalue weighted by atomic mass is 10.2. The van der Waals surface area contributed by atoms with Crippen LogP contribution in [0.25, 0.3) is 10.9 Å². The van der Waals surface area contributed by atoms with Crippen molar-refractivity contribution in [2.45, 2.75) is 0 Å². The number of aromatic nitrogens is 2. The van der Waals surface area contributed by atoms with E-state index in [2.05, 4.69) is 22.1 Å². The maximum Gasteiger partial charge on any atom is 0.0701 e. The van der Waals surface area contributed by atoms with Gasteiger partial charge in [0, 0.05) is 24.0 Å². The lowest BCUT2D eigenvalue weighted by molar-refractivity contribution is 1.11. The van der Waals surface area contributed by atoms with Crippen LogP contribution in [0.4, 0.5) is 4.70 Å². The molecule has 0 aliphatic carbocycles. The van der Waals surface area contributed by atoms with Crippen LogP contribution in [-0.2, 0) is 0 Å². The smallest absolute Gasteiger partial charge is 0.0701 e. The van der Waals surface area contributed by atoms with Crippen molar-refractivity contribution in [2.75, 3.05) is 0 Å². The van der Waals surface area contributed by atoms with Crippen LogP contribution in [0.3, 0.4) is 0 Å². The Labute approximate surface area is 99.3 Å². The Balaban J connectivity index is 0.000000180. The van der Waals surface area contributed by atoms with Crippen molar-refractivity contribution in [3.8, 4) is 0 Å². The summed E-state index contributed by atoms with van der Waals surface area (Å²) < 4.78 is 0. The van der Waals surface area contributed by atoms with Gasteiger partial charge in [0.1, 0.15) is 0 Å². The zero-order valence-corrected chi connectivity index (χ0v) is 9.23. The average Bonchev–Trinajstić information content (AvgIpc) is 2.42. The highest BCUT2D eigenvalue weighted by molar-refractivity contribution is 5.77. The number of nitrogens with zero attached hydrogens (tertiary/aromatic N) is 2. The van der Waals surface area contributed by atoms with Crippen LogP contribution in [0.15, 0.2) is 73.2 Å². The first-order valence-electron chi connectivity index (χ1n) is 5.11. The molecule has 17 heavy (non-hydrogen) atoms. The molecule has 0 saturated heterocycles. The van der Waals surface area contributed by atoms with Gasteiger partial charge in [0.2, 0.25) is 0 Å². The number of hydrogen-bond acceptors (Lipinski definition) is 2. The van der Waals surface area contributed by atoms with Gasteiger partial charge in [-0.05, 0) is 24.3 Å². The number of para-hydroxylation sites is 1. The van der Waals surface area contributed by atoms with Crippen LogP contribution in [0.2, 0.25) is 0 Å². The summed E-state index contributed by atoms with van der Waals surface area (Å²) in [6.07, 6.45) is 5.31. The third-order valence-electron chi connectivity index (χ3n) is 2.08. The van der Waals surface area contributed by atoms with Gasteiger partial charge in [-0.25, -0.2) is 0 Å². The highest BCUT2D eigenvalue weighted by Crippen LogP contribution is 2.07. The Morgan fingerprint density at radius 1 is 0.647 bits per heavy atom. The highest BCUT2D eigenvalue weighted by atomic mass is 19.0. The molecule has 0 radical (unpaired) electrons. The topological polar surface area (TPSA) is 25.8 Å². The van der Waals surface area contributed by atoms with Gasteiger partial charge >= 0.3 is 0 Å². The lowest BCUT2D eigenvalue weighted by Crippen LogP contribution is -1.73. The van der Waals surface area contributed by atoms with Crippen molar-refractivity contribution in [3.05, 3.63) is 73.2 Å². The van der Waals surface area contributed by atoms with Crippen LogP contribution >= 0.6 is 0 Å². The summed E-state index contributed by atoms with van der Waals surface area (Å²) in [5, 5.41) is 1.20.